The molecule has 1 N–H and O–H groups in total. The van der Waals surface area contributed by atoms with Crippen LogP contribution in [0, 0.1) is 0 Å². The van der Waals surface area contributed by atoms with Crippen molar-refractivity contribution in [1.82, 2.24) is 19.9 Å². The number of nitrogens with one attached hydrogen (secondary N) is 1. The standard InChI is InChI=1S/C18H23N5O3/c1-13(24)26-10-15(25)23-9-3-6-18(23)5-2-8-22(11-18)17-14-4-7-19-16(14)20-12-21-17/h4,7,12H,2-3,5-6,8-11H2,1H3,(H,19,20,21). The molecule has 26 heavy (non-hydrogen) atoms. The Bertz CT molecular complexity index is 835. The fourth-order valence-electron chi connectivity index (χ4n) is 4.40. The van der Waals surface area contributed by atoms with Gasteiger partial charge in [-0.25, -0.2) is 9.97 Å². The first-order valence-corrected chi connectivity index (χ1v) is 9.06. The Morgan fingerprint density at radius 2 is 2.08 bits per heavy atom. The van der Waals surface area contributed by atoms with E-state index < -0.39 is 5.97 Å². The second-order valence-corrected chi connectivity index (χ2v) is 7.12. The fourth-order valence-corrected chi connectivity index (χ4v) is 4.40. The van der Waals surface area contributed by atoms with Crippen molar-refractivity contribution in [3.63, 3.8) is 0 Å². The summed E-state index contributed by atoms with van der Waals surface area (Å²) in [5.41, 5.74) is 0.618. The van der Waals surface area contributed by atoms with Crippen molar-refractivity contribution in [3.05, 3.63) is 18.6 Å². The normalized spacial score (nSPS) is 23.0. The summed E-state index contributed by atoms with van der Waals surface area (Å²) in [4.78, 5) is 39.8. The van der Waals surface area contributed by atoms with Gasteiger partial charge in [-0.05, 0) is 31.7 Å². The van der Waals surface area contributed by atoms with E-state index in [1.165, 1.54) is 6.92 Å². The van der Waals surface area contributed by atoms with Gasteiger partial charge in [-0.3, -0.25) is 9.59 Å². The maximum Gasteiger partial charge on any atom is 0.303 e. The number of fused-ring (bicyclic) bond motifs is 1. The molecule has 1 atom stereocenters. The molecule has 1 unspecified atom stereocenters. The maximum atomic E-state index is 12.6. The van der Waals surface area contributed by atoms with Gasteiger partial charge in [0.15, 0.2) is 6.61 Å². The van der Waals surface area contributed by atoms with Gasteiger partial charge >= 0.3 is 5.97 Å². The van der Waals surface area contributed by atoms with Gasteiger partial charge in [0.25, 0.3) is 5.91 Å². The van der Waals surface area contributed by atoms with Gasteiger partial charge in [0.1, 0.15) is 17.8 Å². The molecule has 0 saturated carbocycles. The van der Waals surface area contributed by atoms with Gasteiger partial charge in [-0.2, -0.15) is 0 Å². The van der Waals surface area contributed by atoms with E-state index in [1.807, 2.05) is 17.2 Å². The summed E-state index contributed by atoms with van der Waals surface area (Å²) in [6, 6.07) is 1.99. The summed E-state index contributed by atoms with van der Waals surface area (Å²) in [6.07, 6.45) is 7.35. The van der Waals surface area contributed by atoms with Crippen LogP contribution in [-0.2, 0) is 14.3 Å². The van der Waals surface area contributed by atoms with Gasteiger partial charge in [-0.1, -0.05) is 0 Å². The molecule has 2 aromatic heterocycles. The monoisotopic (exact) mass is 357 g/mol. The lowest BCUT2D eigenvalue weighted by molar-refractivity contribution is -0.152. The SMILES string of the molecule is CC(=O)OCC(=O)N1CCCC12CCCN(c1ncnc3[nH]ccc13)C2. The van der Waals surface area contributed by atoms with Crippen molar-refractivity contribution in [2.45, 2.75) is 38.1 Å². The number of rotatable bonds is 3. The van der Waals surface area contributed by atoms with E-state index >= 15 is 0 Å². The van der Waals surface area contributed by atoms with E-state index in [9.17, 15) is 9.59 Å². The number of H-pyrrole nitrogens is 1. The van der Waals surface area contributed by atoms with E-state index in [-0.39, 0.29) is 18.1 Å². The number of esters is 1. The van der Waals surface area contributed by atoms with E-state index in [2.05, 4.69) is 19.9 Å². The summed E-state index contributed by atoms with van der Waals surface area (Å²) in [7, 11) is 0. The molecule has 1 spiro atoms. The highest BCUT2D eigenvalue weighted by Crippen LogP contribution is 2.39. The average Bonchev–Trinajstić information content (AvgIpc) is 3.26. The summed E-state index contributed by atoms with van der Waals surface area (Å²) in [5.74, 6) is 0.386. The zero-order valence-electron chi connectivity index (χ0n) is 14.9. The number of nitrogens with zero attached hydrogens (tertiary/aromatic N) is 4. The number of hydrogen-bond acceptors (Lipinski definition) is 6. The molecule has 2 aliphatic rings. The quantitative estimate of drug-likeness (QED) is 0.837. The number of aromatic amines is 1. The van der Waals surface area contributed by atoms with Crippen LogP contribution >= 0.6 is 0 Å². The zero-order chi connectivity index (χ0) is 18.1. The van der Waals surface area contributed by atoms with Crippen molar-refractivity contribution >= 4 is 28.7 Å². The second-order valence-electron chi connectivity index (χ2n) is 7.12. The average molecular weight is 357 g/mol. The Morgan fingerprint density at radius 3 is 2.88 bits per heavy atom. The van der Waals surface area contributed by atoms with Crippen LogP contribution in [0.3, 0.4) is 0 Å². The Morgan fingerprint density at radius 1 is 1.27 bits per heavy atom. The van der Waals surface area contributed by atoms with Crippen LogP contribution in [0.25, 0.3) is 11.0 Å². The fraction of sp³-hybridized carbons (Fsp3) is 0.556. The van der Waals surface area contributed by atoms with Gasteiger partial charge in [0.2, 0.25) is 0 Å². The van der Waals surface area contributed by atoms with E-state index in [4.69, 9.17) is 4.74 Å². The van der Waals surface area contributed by atoms with Crippen molar-refractivity contribution in [1.29, 1.82) is 0 Å². The molecule has 8 heteroatoms. The Kier molecular flexibility index (Phi) is 4.26. The first-order valence-electron chi connectivity index (χ1n) is 9.06. The lowest BCUT2D eigenvalue weighted by atomic mass is 9.86. The molecular formula is C18H23N5O3. The molecule has 138 valence electrons. The van der Waals surface area contributed by atoms with Crippen LogP contribution in [0.5, 0.6) is 0 Å². The molecule has 2 fully saturated rings. The number of aromatic nitrogens is 3. The highest BCUT2D eigenvalue weighted by molar-refractivity contribution is 5.87. The number of carbonyl (C=O) groups excluding carboxylic acids is 2. The largest absolute Gasteiger partial charge is 0.456 e. The second kappa shape index (κ2) is 6.59. The van der Waals surface area contributed by atoms with Crippen LogP contribution in [0.15, 0.2) is 18.6 Å². The van der Waals surface area contributed by atoms with Gasteiger partial charge < -0.3 is 19.5 Å². The third-order valence-electron chi connectivity index (χ3n) is 5.48. The predicted molar refractivity (Wildman–Crippen MR) is 95.6 cm³/mol. The molecule has 2 saturated heterocycles. The number of piperidine rings is 1. The number of carbonyl (C=O) groups is 2. The van der Waals surface area contributed by atoms with Gasteiger partial charge in [0.05, 0.1) is 10.9 Å². The van der Waals surface area contributed by atoms with E-state index in [1.54, 1.807) is 6.33 Å². The molecule has 0 bridgehead atoms. The third kappa shape index (κ3) is 2.89. The summed E-state index contributed by atoms with van der Waals surface area (Å²) in [5, 5.41) is 1.00. The van der Waals surface area contributed by atoms with Crippen molar-refractivity contribution in [2.75, 3.05) is 31.1 Å². The zero-order valence-corrected chi connectivity index (χ0v) is 14.9. The van der Waals surface area contributed by atoms with E-state index in [0.29, 0.717) is 0 Å². The van der Waals surface area contributed by atoms with Crippen LogP contribution < -0.4 is 4.90 Å². The van der Waals surface area contributed by atoms with E-state index in [0.717, 1.165) is 62.2 Å². The molecular weight excluding hydrogens is 334 g/mol. The first-order chi connectivity index (χ1) is 12.6. The topological polar surface area (TPSA) is 91.4 Å². The van der Waals surface area contributed by atoms with Crippen molar-refractivity contribution in [3.8, 4) is 0 Å². The predicted octanol–water partition coefficient (Wildman–Crippen LogP) is 1.48. The number of likely N-dealkylation sites (tertiary alicyclic amines) is 1. The van der Waals surface area contributed by atoms with Gasteiger partial charge in [-0.15, -0.1) is 0 Å². The molecule has 4 heterocycles. The molecule has 8 nitrogen and oxygen atoms in total. The molecule has 2 aliphatic heterocycles. The van der Waals surface area contributed by atoms with Crippen LogP contribution in [0.2, 0.25) is 0 Å². The van der Waals surface area contributed by atoms with Crippen LogP contribution in [0.4, 0.5) is 5.82 Å². The first kappa shape index (κ1) is 16.8. The number of amides is 1. The molecule has 0 aromatic carbocycles. The van der Waals surface area contributed by atoms with Crippen molar-refractivity contribution < 1.29 is 14.3 Å². The third-order valence-corrected chi connectivity index (χ3v) is 5.48. The smallest absolute Gasteiger partial charge is 0.303 e. The van der Waals surface area contributed by atoms with Crippen molar-refractivity contribution in [2.24, 2.45) is 0 Å². The number of anilines is 1. The highest BCUT2D eigenvalue weighted by Gasteiger charge is 2.46. The summed E-state index contributed by atoms with van der Waals surface area (Å²) < 4.78 is 4.94. The molecule has 0 aliphatic carbocycles. The van der Waals surface area contributed by atoms with Crippen LogP contribution in [-0.4, -0.2) is 63.5 Å². The minimum absolute atomic E-state index is 0.103. The molecule has 0 radical (unpaired) electrons. The Balaban J connectivity index is 1.58. The lowest BCUT2D eigenvalue weighted by Crippen LogP contribution is -2.58. The number of ether oxygens (including phenoxy) is 1. The van der Waals surface area contributed by atoms with Gasteiger partial charge in [0, 0.05) is 32.8 Å². The molecule has 1 amide bonds. The maximum absolute atomic E-state index is 12.6. The summed E-state index contributed by atoms with van der Waals surface area (Å²) in [6.45, 7) is 3.53. The highest BCUT2D eigenvalue weighted by atomic mass is 16.5. The lowest BCUT2D eigenvalue weighted by Gasteiger charge is -2.46. The molecule has 4 rings (SSSR count). The molecule has 2 aromatic rings. The summed E-state index contributed by atoms with van der Waals surface area (Å²) >= 11 is 0. The minimum Gasteiger partial charge on any atom is -0.456 e. The number of hydrogen-bond donors (Lipinski definition) is 1. The minimum atomic E-state index is -0.423. The Hall–Kier alpha value is -2.64. The van der Waals surface area contributed by atoms with Crippen LogP contribution in [0.1, 0.15) is 32.6 Å². The Labute approximate surface area is 151 Å².